The van der Waals surface area contributed by atoms with Crippen molar-refractivity contribution in [3.05, 3.63) is 36.4 Å². The van der Waals surface area contributed by atoms with E-state index in [-0.39, 0.29) is 0 Å². The molecular formula is C16H20N2. The molecule has 0 radical (unpaired) electrons. The Balaban J connectivity index is 1.82. The zero-order valence-electron chi connectivity index (χ0n) is 11.1. The quantitative estimate of drug-likeness (QED) is 0.855. The maximum absolute atomic E-state index is 4.69. The molecular weight excluding hydrogens is 220 g/mol. The fourth-order valence-electron chi connectivity index (χ4n) is 2.90. The average molecular weight is 240 g/mol. The van der Waals surface area contributed by atoms with Crippen LogP contribution in [0, 0.1) is 11.8 Å². The molecule has 3 unspecified atom stereocenters. The third-order valence-electron chi connectivity index (χ3n) is 4.40. The van der Waals surface area contributed by atoms with Gasteiger partial charge in [-0.05, 0) is 42.9 Å². The van der Waals surface area contributed by atoms with Gasteiger partial charge in [0.2, 0.25) is 0 Å². The van der Waals surface area contributed by atoms with Crippen molar-refractivity contribution in [1.29, 1.82) is 0 Å². The first-order chi connectivity index (χ1) is 8.74. The van der Waals surface area contributed by atoms with Crippen LogP contribution in [0.25, 0.3) is 10.9 Å². The summed E-state index contributed by atoms with van der Waals surface area (Å²) < 4.78 is 0. The van der Waals surface area contributed by atoms with Crippen molar-refractivity contribution in [2.45, 2.75) is 32.7 Å². The van der Waals surface area contributed by atoms with Crippen LogP contribution in [0.1, 0.15) is 26.7 Å². The van der Waals surface area contributed by atoms with Crippen molar-refractivity contribution in [3.8, 4) is 0 Å². The molecule has 2 nitrogen and oxygen atoms in total. The third-order valence-corrected chi connectivity index (χ3v) is 4.40. The molecule has 0 spiro atoms. The number of para-hydroxylation sites is 1. The minimum Gasteiger partial charge on any atom is -0.367 e. The molecule has 0 aliphatic heterocycles. The first-order valence-electron chi connectivity index (χ1n) is 6.86. The van der Waals surface area contributed by atoms with Crippen LogP contribution >= 0.6 is 0 Å². The number of hydrogen-bond acceptors (Lipinski definition) is 2. The predicted molar refractivity (Wildman–Crippen MR) is 76.7 cm³/mol. The van der Waals surface area contributed by atoms with Crippen LogP contribution in [0.2, 0.25) is 0 Å². The second-order valence-corrected chi connectivity index (χ2v) is 5.55. The molecule has 18 heavy (non-hydrogen) atoms. The average Bonchev–Trinajstić information content (AvgIpc) is 2.71. The Bertz CT molecular complexity index is 550. The van der Waals surface area contributed by atoms with Gasteiger partial charge in [0.15, 0.2) is 0 Å². The van der Waals surface area contributed by atoms with Crippen LogP contribution in [0.3, 0.4) is 0 Å². The summed E-state index contributed by atoms with van der Waals surface area (Å²) in [5.41, 5.74) is 1.07. The first-order valence-corrected chi connectivity index (χ1v) is 6.86. The molecule has 94 valence electrons. The Morgan fingerprint density at radius 1 is 1.06 bits per heavy atom. The van der Waals surface area contributed by atoms with E-state index in [0.29, 0.717) is 6.04 Å². The highest BCUT2D eigenvalue weighted by atomic mass is 15.0. The summed E-state index contributed by atoms with van der Waals surface area (Å²) in [6.07, 6.45) is 2.59. The normalized spacial score (nSPS) is 27.6. The van der Waals surface area contributed by atoms with Crippen LogP contribution in [0.4, 0.5) is 5.82 Å². The summed E-state index contributed by atoms with van der Waals surface area (Å²) in [5, 5.41) is 4.81. The number of anilines is 1. The van der Waals surface area contributed by atoms with Gasteiger partial charge in [0.1, 0.15) is 5.82 Å². The lowest BCUT2D eigenvalue weighted by Gasteiger charge is -2.20. The molecule has 3 atom stereocenters. The standard InChI is InChI=1S/C16H20N2/c1-11-7-9-14(12(11)2)17-16-10-8-13-5-3-4-6-15(13)18-16/h3-6,8,10-12,14H,7,9H2,1-2H3,(H,17,18). The molecule has 1 aliphatic carbocycles. The molecule has 1 fully saturated rings. The summed E-state index contributed by atoms with van der Waals surface area (Å²) in [4.78, 5) is 4.69. The molecule has 1 saturated carbocycles. The van der Waals surface area contributed by atoms with Gasteiger partial charge in [-0.2, -0.15) is 0 Å². The van der Waals surface area contributed by atoms with Gasteiger partial charge < -0.3 is 5.32 Å². The topological polar surface area (TPSA) is 24.9 Å². The Morgan fingerprint density at radius 3 is 2.67 bits per heavy atom. The molecule has 2 heteroatoms. The van der Waals surface area contributed by atoms with E-state index in [4.69, 9.17) is 0 Å². The molecule has 1 aliphatic rings. The van der Waals surface area contributed by atoms with Crippen LogP contribution in [0.5, 0.6) is 0 Å². The number of aromatic nitrogens is 1. The second kappa shape index (κ2) is 4.60. The number of hydrogen-bond donors (Lipinski definition) is 1. The van der Waals surface area contributed by atoms with Gasteiger partial charge in [-0.3, -0.25) is 0 Å². The predicted octanol–water partition coefficient (Wildman–Crippen LogP) is 4.08. The van der Waals surface area contributed by atoms with E-state index in [9.17, 15) is 0 Å². The number of nitrogens with zero attached hydrogens (tertiary/aromatic N) is 1. The Morgan fingerprint density at radius 2 is 1.89 bits per heavy atom. The van der Waals surface area contributed by atoms with Gasteiger partial charge in [-0.1, -0.05) is 32.0 Å². The van der Waals surface area contributed by atoms with Gasteiger partial charge in [-0.25, -0.2) is 4.98 Å². The number of benzene rings is 1. The molecule has 0 bridgehead atoms. The van der Waals surface area contributed by atoms with E-state index in [1.54, 1.807) is 0 Å². The Labute approximate surface area is 108 Å². The Kier molecular flexibility index (Phi) is 2.94. The van der Waals surface area contributed by atoms with E-state index in [0.717, 1.165) is 23.2 Å². The van der Waals surface area contributed by atoms with Gasteiger partial charge in [0, 0.05) is 11.4 Å². The highest BCUT2D eigenvalue weighted by Crippen LogP contribution is 2.33. The van der Waals surface area contributed by atoms with Crippen molar-refractivity contribution in [3.63, 3.8) is 0 Å². The smallest absolute Gasteiger partial charge is 0.126 e. The van der Waals surface area contributed by atoms with Crippen LogP contribution in [-0.4, -0.2) is 11.0 Å². The fourth-order valence-corrected chi connectivity index (χ4v) is 2.90. The van der Waals surface area contributed by atoms with E-state index in [1.165, 1.54) is 18.2 Å². The molecule has 1 aromatic carbocycles. The van der Waals surface area contributed by atoms with Gasteiger partial charge in [0.05, 0.1) is 5.52 Å². The van der Waals surface area contributed by atoms with Crippen molar-refractivity contribution >= 4 is 16.7 Å². The highest BCUT2D eigenvalue weighted by Gasteiger charge is 2.29. The van der Waals surface area contributed by atoms with Crippen molar-refractivity contribution in [2.24, 2.45) is 11.8 Å². The molecule has 1 heterocycles. The molecule has 1 aromatic heterocycles. The van der Waals surface area contributed by atoms with Crippen molar-refractivity contribution in [2.75, 3.05) is 5.32 Å². The SMILES string of the molecule is CC1CCC(Nc2ccc3ccccc3n2)C1C. The van der Waals surface area contributed by atoms with E-state index < -0.39 is 0 Å². The number of nitrogens with one attached hydrogen (secondary N) is 1. The summed E-state index contributed by atoms with van der Waals surface area (Å²) in [6.45, 7) is 4.69. The number of pyridine rings is 1. The minimum atomic E-state index is 0.577. The van der Waals surface area contributed by atoms with Gasteiger partial charge >= 0.3 is 0 Å². The van der Waals surface area contributed by atoms with E-state index in [1.807, 2.05) is 6.07 Å². The van der Waals surface area contributed by atoms with Crippen LogP contribution < -0.4 is 5.32 Å². The molecule has 0 saturated heterocycles. The maximum atomic E-state index is 4.69. The van der Waals surface area contributed by atoms with Gasteiger partial charge in [0.25, 0.3) is 0 Å². The van der Waals surface area contributed by atoms with Crippen molar-refractivity contribution < 1.29 is 0 Å². The number of fused-ring (bicyclic) bond motifs is 1. The van der Waals surface area contributed by atoms with Crippen LogP contribution in [-0.2, 0) is 0 Å². The summed E-state index contributed by atoms with van der Waals surface area (Å²) in [6, 6.07) is 13.1. The first kappa shape index (κ1) is 11.5. The second-order valence-electron chi connectivity index (χ2n) is 5.55. The summed E-state index contributed by atoms with van der Waals surface area (Å²) in [7, 11) is 0. The fraction of sp³-hybridized carbons (Fsp3) is 0.438. The number of rotatable bonds is 2. The Hall–Kier alpha value is -1.57. The molecule has 1 N–H and O–H groups in total. The third kappa shape index (κ3) is 2.07. The lowest BCUT2D eigenvalue weighted by atomic mass is 9.98. The minimum absolute atomic E-state index is 0.577. The van der Waals surface area contributed by atoms with Gasteiger partial charge in [-0.15, -0.1) is 0 Å². The zero-order chi connectivity index (χ0) is 12.5. The molecule has 2 aromatic rings. The van der Waals surface area contributed by atoms with Crippen molar-refractivity contribution in [1.82, 2.24) is 4.98 Å². The lowest BCUT2D eigenvalue weighted by molar-refractivity contribution is 0.435. The molecule has 3 rings (SSSR count). The van der Waals surface area contributed by atoms with E-state index >= 15 is 0 Å². The summed E-state index contributed by atoms with van der Waals surface area (Å²) >= 11 is 0. The highest BCUT2D eigenvalue weighted by molar-refractivity contribution is 5.80. The zero-order valence-corrected chi connectivity index (χ0v) is 11.1. The summed E-state index contributed by atoms with van der Waals surface area (Å²) in [5.74, 6) is 2.57. The largest absolute Gasteiger partial charge is 0.367 e. The lowest BCUT2D eigenvalue weighted by Crippen LogP contribution is -2.24. The maximum Gasteiger partial charge on any atom is 0.126 e. The monoisotopic (exact) mass is 240 g/mol. The van der Waals surface area contributed by atoms with E-state index in [2.05, 4.69) is 54.5 Å². The van der Waals surface area contributed by atoms with Crippen LogP contribution in [0.15, 0.2) is 36.4 Å². The molecule has 0 amide bonds.